The van der Waals surface area contributed by atoms with E-state index in [1.165, 1.54) is 5.56 Å². The van der Waals surface area contributed by atoms with E-state index in [2.05, 4.69) is 110 Å². The van der Waals surface area contributed by atoms with Crippen molar-refractivity contribution in [2.75, 3.05) is 0 Å². The molecule has 0 N–H and O–H groups in total. The topological polar surface area (TPSA) is 65.1 Å². The maximum Gasteiger partial charge on any atom is 0.0893 e. The molecule has 0 fully saturated rings. The summed E-state index contributed by atoms with van der Waals surface area (Å²) in [5.41, 5.74) is 7.88. The third-order valence-electron chi connectivity index (χ3n) is 7.33. The van der Waals surface area contributed by atoms with Crippen molar-refractivity contribution in [3.8, 4) is 22.8 Å². The zero-order chi connectivity index (χ0) is 29.6. The van der Waals surface area contributed by atoms with Crippen LogP contribution in [0.25, 0.3) is 33.7 Å². The molecule has 5 rings (SSSR count). The minimum absolute atomic E-state index is 0. The van der Waals surface area contributed by atoms with Gasteiger partial charge in [-0.2, -0.15) is 0 Å². The van der Waals surface area contributed by atoms with Gasteiger partial charge in [0.1, 0.15) is 0 Å². The first-order valence-electron chi connectivity index (χ1n) is 14.3. The van der Waals surface area contributed by atoms with E-state index in [9.17, 15) is 0 Å². The van der Waals surface area contributed by atoms with Crippen molar-refractivity contribution in [1.82, 2.24) is 19.9 Å². The van der Waals surface area contributed by atoms with E-state index in [1.54, 1.807) is 0 Å². The van der Waals surface area contributed by atoms with Gasteiger partial charge in [-0.1, -0.05) is 110 Å². The number of aromatic nitrogens is 4. The average Bonchev–Trinajstić information content (AvgIpc) is 2.91. The van der Waals surface area contributed by atoms with Gasteiger partial charge in [-0.25, -0.2) is 4.98 Å². The number of hydrogen-bond acceptors (Lipinski definition) is 4. The van der Waals surface area contributed by atoms with Crippen LogP contribution in [0, 0.1) is 0 Å². The van der Waals surface area contributed by atoms with Gasteiger partial charge in [0.05, 0.1) is 28.4 Å². The van der Waals surface area contributed by atoms with Gasteiger partial charge in [-0.3, -0.25) is 9.97 Å². The van der Waals surface area contributed by atoms with Gasteiger partial charge in [0.15, 0.2) is 0 Å². The van der Waals surface area contributed by atoms with Crippen LogP contribution < -0.4 is 10.5 Å². The minimum Gasteiger partial charge on any atom is -0.434 e. The Bertz CT molecular complexity index is 1800. The number of rotatable bonds is 3. The molecular formula is C36H40N5Pt-. The molecule has 0 atom stereocenters. The van der Waals surface area contributed by atoms with Crippen LogP contribution in [-0.4, -0.2) is 15.0 Å². The van der Waals surface area contributed by atoms with E-state index >= 15 is 0 Å². The molecule has 0 aliphatic carbocycles. The van der Waals surface area contributed by atoms with Gasteiger partial charge in [-0.15, -0.1) is 0 Å². The SMILES string of the molecule is CC(C)(C)c1ccnc(-c2ccc(C(C)(C)C)/c(=N/c3nc(-c4ccc5ccccc5n4)ccc3C(C)(C)C)[n-]2)c1.[Pt]. The van der Waals surface area contributed by atoms with Crippen LogP contribution >= 0.6 is 0 Å². The predicted octanol–water partition coefficient (Wildman–Crippen LogP) is 8.44. The predicted molar refractivity (Wildman–Crippen MR) is 169 cm³/mol. The Morgan fingerprint density at radius 1 is 0.619 bits per heavy atom. The van der Waals surface area contributed by atoms with Crippen molar-refractivity contribution in [3.05, 3.63) is 101 Å². The van der Waals surface area contributed by atoms with E-state index in [0.29, 0.717) is 11.3 Å². The minimum atomic E-state index is -0.163. The van der Waals surface area contributed by atoms with Gasteiger partial charge >= 0.3 is 0 Å². The van der Waals surface area contributed by atoms with Gasteiger partial charge in [-0.05, 0) is 69.0 Å². The molecular weight excluding hydrogens is 698 g/mol. The van der Waals surface area contributed by atoms with Crippen LogP contribution in [0.3, 0.4) is 0 Å². The molecule has 42 heavy (non-hydrogen) atoms. The summed E-state index contributed by atoms with van der Waals surface area (Å²) in [6, 6.07) is 24.8. The summed E-state index contributed by atoms with van der Waals surface area (Å²) in [5.74, 6) is 0.663. The molecule has 0 amide bonds. The van der Waals surface area contributed by atoms with Crippen molar-refractivity contribution >= 4 is 16.7 Å². The van der Waals surface area contributed by atoms with Crippen LogP contribution in [0.5, 0.6) is 0 Å². The molecule has 5 nitrogen and oxygen atoms in total. The van der Waals surface area contributed by atoms with E-state index in [-0.39, 0.29) is 37.3 Å². The van der Waals surface area contributed by atoms with E-state index in [0.717, 1.165) is 44.8 Å². The number of para-hydroxylation sites is 1. The fourth-order valence-corrected chi connectivity index (χ4v) is 4.87. The Morgan fingerprint density at radius 2 is 1.26 bits per heavy atom. The number of hydrogen-bond donors (Lipinski definition) is 0. The van der Waals surface area contributed by atoms with Crippen LogP contribution in [0.2, 0.25) is 0 Å². The summed E-state index contributed by atoms with van der Waals surface area (Å²) >= 11 is 0. The van der Waals surface area contributed by atoms with Crippen LogP contribution in [-0.2, 0) is 37.3 Å². The summed E-state index contributed by atoms with van der Waals surface area (Å²) in [6.45, 7) is 19.8. The number of benzene rings is 1. The summed E-state index contributed by atoms with van der Waals surface area (Å²) in [4.78, 5) is 25.0. The second kappa shape index (κ2) is 11.7. The molecule has 0 saturated heterocycles. The van der Waals surface area contributed by atoms with Crippen molar-refractivity contribution in [2.24, 2.45) is 4.99 Å². The maximum atomic E-state index is 5.20. The third kappa shape index (κ3) is 6.79. The quantitative estimate of drug-likeness (QED) is 0.187. The van der Waals surface area contributed by atoms with Crippen molar-refractivity contribution in [2.45, 2.75) is 78.6 Å². The second-order valence-electron chi connectivity index (χ2n) is 13.8. The molecule has 0 aliphatic heterocycles. The normalized spacial score (nSPS) is 12.8. The van der Waals surface area contributed by atoms with E-state index in [1.807, 2.05) is 36.5 Å². The van der Waals surface area contributed by atoms with E-state index < -0.39 is 0 Å². The summed E-state index contributed by atoms with van der Waals surface area (Å²) < 4.78 is 0. The third-order valence-corrected chi connectivity index (χ3v) is 7.33. The maximum absolute atomic E-state index is 5.20. The fourth-order valence-electron chi connectivity index (χ4n) is 4.87. The molecule has 0 unspecified atom stereocenters. The first kappa shape index (κ1) is 31.5. The Hall–Kier alpha value is -3.43. The van der Waals surface area contributed by atoms with Gasteiger partial charge in [0.25, 0.3) is 0 Å². The smallest absolute Gasteiger partial charge is 0.0893 e. The molecule has 4 heterocycles. The molecule has 0 saturated carbocycles. The number of pyridine rings is 4. The van der Waals surface area contributed by atoms with E-state index in [4.69, 9.17) is 19.9 Å². The van der Waals surface area contributed by atoms with Gasteiger partial charge in [0, 0.05) is 32.6 Å². The fraction of sp³-hybridized carbons (Fsp3) is 0.333. The Kier molecular flexibility index (Phi) is 8.76. The Labute approximate surface area is 264 Å². The van der Waals surface area contributed by atoms with Gasteiger partial charge in [0.2, 0.25) is 0 Å². The standard InChI is InChI=1S/C36H40N5.Pt/c1-34(2,3)24-20-21-37-31(22-24)30-19-16-26(36(7,8)9)33(40-30)41-32-25(35(4,5)6)15-18-29(39-32)28-17-14-23-12-10-11-13-27(23)38-28;/h10-22H,1-9H3;/q-1;. The van der Waals surface area contributed by atoms with Gasteiger partial charge < -0.3 is 9.98 Å². The first-order chi connectivity index (χ1) is 19.2. The van der Waals surface area contributed by atoms with Crippen molar-refractivity contribution in [3.63, 3.8) is 0 Å². The monoisotopic (exact) mass is 737 g/mol. The molecule has 6 heteroatoms. The Morgan fingerprint density at radius 3 is 1.95 bits per heavy atom. The second-order valence-corrected chi connectivity index (χ2v) is 13.8. The summed E-state index contributed by atoms with van der Waals surface area (Å²) in [6.07, 6.45) is 1.87. The van der Waals surface area contributed by atoms with Crippen LogP contribution in [0.4, 0.5) is 5.82 Å². The molecule has 5 aromatic rings. The first-order valence-corrected chi connectivity index (χ1v) is 14.3. The molecule has 0 radical (unpaired) electrons. The summed E-state index contributed by atoms with van der Waals surface area (Å²) in [5, 5.41) is 1.10. The zero-order valence-corrected chi connectivity index (χ0v) is 28.3. The average molecular weight is 738 g/mol. The molecule has 220 valence electrons. The molecule has 1 aromatic carbocycles. The van der Waals surface area contributed by atoms with Crippen molar-refractivity contribution < 1.29 is 21.1 Å². The van der Waals surface area contributed by atoms with Crippen molar-refractivity contribution in [1.29, 1.82) is 0 Å². The summed E-state index contributed by atoms with van der Waals surface area (Å²) in [7, 11) is 0. The zero-order valence-electron chi connectivity index (χ0n) is 26.1. The largest absolute Gasteiger partial charge is 0.434 e. The molecule has 0 aliphatic rings. The Balaban J connectivity index is 0.00000405. The molecule has 4 aromatic heterocycles. The van der Waals surface area contributed by atoms with Crippen LogP contribution in [0.15, 0.2) is 84.0 Å². The number of nitrogens with zero attached hydrogens (tertiary/aromatic N) is 5. The number of fused-ring (bicyclic) bond motifs is 1. The molecule has 0 bridgehead atoms. The van der Waals surface area contributed by atoms with Crippen LogP contribution in [0.1, 0.15) is 79.0 Å². The molecule has 0 spiro atoms.